The standard InChI is InChI=1S/C23H19N3O4S/c1-13-11-16(14(2)26(13)17-9-7-15(8-10-17)21(27)28)12-20(22(29)30)31-23-24-18-5-3-4-6-19(18)25-23/h3-12H,1-2H3,(H,24,25)(H,27,28)(H,29,30)/b20-12-. The van der Waals surface area contributed by atoms with Crippen LogP contribution in [-0.4, -0.2) is 36.7 Å². The number of aromatic nitrogens is 3. The minimum atomic E-state index is -1.04. The molecule has 0 amide bonds. The van der Waals surface area contributed by atoms with E-state index in [1.165, 1.54) is 0 Å². The molecule has 4 aromatic rings. The number of carboxylic acid groups (broad SMARTS) is 2. The van der Waals surface area contributed by atoms with Crippen molar-refractivity contribution in [1.29, 1.82) is 0 Å². The number of nitrogens with zero attached hydrogens (tertiary/aromatic N) is 2. The monoisotopic (exact) mass is 433 g/mol. The summed E-state index contributed by atoms with van der Waals surface area (Å²) in [5, 5.41) is 19.3. The summed E-state index contributed by atoms with van der Waals surface area (Å²) in [6.45, 7) is 3.82. The van der Waals surface area contributed by atoms with Crippen molar-refractivity contribution in [3.05, 3.63) is 82.0 Å². The third kappa shape index (κ3) is 4.10. The number of benzene rings is 2. The molecule has 0 fully saturated rings. The highest BCUT2D eigenvalue weighted by Crippen LogP contribution is 2.30. The van der Waals surface area contributed by atoms with E-state index >= 15 is 0 Å². The van der Waals surface area contributed by atoms with E-state index in [-0.39, 0.29) is 10.5 Å². The number of aryl methyl sites for hydroxylation is 1. The molecule has 0 unspecified atom stereocenters. The summed E-state index contributed by atoms with van der Waals surface area (Å²) < 4.78 is 1.96. The summed E-state index contributed by atoms with van der Waals surface area (Å²) >= 11 is 1.06. The second kappa shape index (κ2) is 8.16. The van der Waals surface area contributed by atoms with Crippen LogP contribution in [0.25, 0.3) is 22.8 Å². The first-order valence-electron chi connectivity index (χ1n) is 9.44. The van der Waals surface area contributed by atoms with Gasteiger partial charge in [-0.25, -0.2) is 14.6 Å². The Kier molecular flexibility index (Phi) is 5.39. The average molecular weight is 433 g/mol. The van der Waals surface area contributed by atoms with Crippen molar-refractivity contribution in [3.8, 4) is 5.69 Å². The van der Waals surface area contributed by atoms with E-state index in [0.29, 0.717) is 5.16 Å². The number of nitrogens with one attached hydrogen (secondary N) is 1. The number of carbonyl (C=O) groups is 2. The van der Waals surface area contributed by atoms with Crippen LogP contribution in [-0.2, 0) is 4.79 Å². The summed E-state index contributed by atoms with van der Waals surface area (Å²) in [7, 11) is 0. The van der Waals surface area contributed by atoms with Gasteiger partial charge in [0.1, 0.15) is 4.91 Å². The molecule has 8 heteroatoms. The second-order valence-corrected chi connectivity index (χ2v) is 8.02. The largest absolute Gasteiger partial charge is 0.478 e. The molecule has 3 N–H and O–H groups in total. The van der Waals surface area contributed by atoms with Crippen LogP contribution in [0.3, 0.4) is 0 Å². The van der Waals surface area contributed by atoms with Crippen molar-refractivity contribution >= 4 is 40.8 Å². The van der Waals surface area contributed by atoms with Gasteiger partial charge < -0.3 is 19.8 Å². The van der Waals surface area contributed by atoms with Crippen LogP contribution in [0.2, 0.25) is 0 Å². The van der Waals surface area contributed by atoms with Gasteiger partial charge in [0.15, 0.2) is 5.16 Å². The highest BCUT2D eigenvalue weighted by molar-refractivity contribution is 8.04. The lowest BCUT2D eigenvalue weighted by atomic mass is 10.2. The number of hydrogen-bond acceptors (Lipinski definition) is 4. The zero-order valence-electron chi connectivity index (χ0n) is 16.8. The number of carboxylic acids is 2. The van der Waals surface area contributed by atoms with Crippen LogP contribution in [0.15, 0.2) is 64.7 Å². The maximum atomic E-state index is 11.9. The minimum absolute atomic E-state index is 0.139. The Bertz CT molecular complexity index is 1300. The summed E-state index contributed by atoms with van der Waals surface area (Å²) in [6, 6.07) is 16.0. The number of hydrogen-bond donors (Lipinski definition) is 3. The highest BCUT2D eigenvalue weighted by Gasteiger charge is 2.16. The molecule has 156 valence electrons. The van der Waals surface area contributed by atoms with Gasteiger partial charge in [0.25, 0.3) is 0 Å². The second-order valence-electron chi connectivity index (χ2n) is 6.99. The molecular weight excluding hydrogens is 414 g/mol. The minimum Gasteiger partial charge on any atom is -0.478 e. The summed E-state index contributed by atoms with van der Waals surface area (Å²) in [5.74, 6) is -2.02. The van der Waals surface area contributed by atoms with Crippen LogP contribution in [0, 0.1) is 13.8 Å². The van der Waals surface area contributed by atoms with E-state index in [0.717, 1.165) is 45.4 Å². The van der Waals surface area contributed by atoms with E-state index in [4.69, 9.17) is 5.11 Å². The first-order chi connectivity index (χ1) is 14.8. The lowest BCUT2D eigenvalue weighted by Crippen LogP contribution is -2.01. The van der Waals surface area contributed by atoms with E-state index in [2.05, 4.69) is 9.97 Å². The fourth-order valence-electron chi connectivity index (χ4n) is 3.44. The number of para-hydroxylation sites is 2. The van der Waals surface area contributed by atoms with Gasteiger partial charge in [0.05, 0.1) is 16.6 Å². The van der Waals surface area contributed by atoms with Crippen LogP contribution >= 0.6 is 11.8 Å². The van der Waals surface area contributed by atoms with Crippen molar-refractivity contribution in [2.24, 2.45) is 0 Å². The molecule has 0 atom stereocenters. The number of H-pyrrole nitrogens is 1. The number of imidazole rings is 1. The van der Waals surface area contributed by atoms with Gasteiger partial charge in [-0.15, -0.1) is 0 Å². The van der Waals surface area contributed by atoms with Crippen LogP contribution in [0.1, 0.15) is 27.3 Å². The molecule has 0 radical (unpaired) electrons. The number of rotatable bonds is 6. The van der Waals surface area contributed by atoms with Crippen LogP contribution < -0.4 is 0 Å². The summed E-state index contributed by atoms with van der Waals surface area (Å²) in [6.07, 6.45) is 1.63. The van der Waals surface area contributed by atoms with Gasteiger partial charge >= 0.3 is 11.9 Å². The molecule has 0 bridgehead atoms. The normalized spacial score (nSPS) is 11.7. The number of aliphatic carboxylic acids is 1. The molecule has 0 aliphatic rings. The average Bonchev–Trinajstić information content (AvgIpc) is 3.27. The number of thioether (sulfide) groups is 1. The van der Waals surface area contributed by atoms with Gasteiger partial charge in [-0.05, 0) is 79.7 Å². The van der Waals surface area contributed by atoms with Gasteiger partial charge in [0.2, 0.25) is 0 Å². The van der Waals surface area contributed by atoms with Crippen molar-refractivity contribution in [1.82, 2.24) is 14.5 Å². The predicted octanol–water partition coefficient (Wildman–Crippen LogP) is 4.89. The zero-order valence-corrected chi connectivity index (χ0v) is 17.6. The number of fused-ring (bicyclic) bond motifs is 1. The topological polar surface area (TPSA) is 108 Å². The molecule has 0 spiro atoms. The molecule has 0 aliphatic carbocycles. The Morgan fingerprint density at radius 2 is 1.77 bits per heavy atom. The number of aromatic amines is 1. The Morgan fingerprint density at radius 1 is 1.06 bits per heavy atom. The molecule has 0 saturated carbocycles. The molecule has 7 nitrogen and oxygen atoms in total. The van der Waals surface area contributed by atoms with Gasteiger partial charge in [-0.2, -0.15) is 0 Å². The maximum absolute atomic E-state index is 11.9. The first-order valence-corrected chi connectivity index (χ1v) is 10.3. The Labute approximate surface area is 182 Å². The van der Waals surface area contributed by atoms with Crippen molar-refractivity contribution in [2.45, 2.75) is 19.0 Å². The maximum Gasteiger partial charge on any atom is 0.342 e. The van der Waals surface area contributed by atoms with Gasteiger partial charge in [0, 0.05) is 17.1 Å². The smallest absolute Gasteiger partial charge is 0.342 e. The summed E-state index contributed by atoms with van der Waals surface area (Å²) in [4.78, 5) is 30.7. The third-order valence-corrected chi connectivity index (χ3v) is 5.81. The van der Waals surface area contributed by atoms with Crippen molar-refractivity contribution in [2.75, 3.05) is 0 Å². The van der Waals surface area contributed by atoms with Crippen molar-refractivity contribution < 1.29 is 19.8 Å². The van der Waals surface area contributed by atoms with Crippen LogP contribution in [0.5, 0.6) is 0 Å². The lowest BCUT2D eigenvalue weighted by Gasteiger charge is -2.10. The first kappa shape index (κ1) is 20.5. The lowest BCUT2D eigenvalue weighted by molar-refractivity contribution is -0.131. The molecule has 0 aliphatic heterocycles. The Hall–Kier alpha value is -3.78. The molecule has 2 aromatic heterocycles. The quantitative estimate of drug-likeness (QED) is 0.295. The van der Waals surface area contributed by atoms with Gasteiger partial charge in [-0.3, -0.25) is 0 Å². The molecule has 31 heavy (non-hydrogen) atoms. The SMILES string of the molecule is Cc1cc(/C=C(\Sc2nc3ccccc3[nH]2)C(=O)O)c(C)n1-c1ccc(C(=O)O)cc1. The molecule has 2 aromatic carbocycles. The molecule has 2 heterocycles. The highest BCUT2D eigenvalue weighted by atomic mass is 32.2. The predicted molar refractivity (Wildman–Crippen MR) is 120 cm³/mol. The van der Waals surface area contributed by atoms with E-state index in [9.17, 15) is 14.7 Å². The fourth-order valence-corrected chi connectivity index (χ4v) is 4.23. The van der Waals surface area contributed by atoms with Crippen molar-refractivity contribution in [3.63, 3.8) is 0 Å². The summed E-state index contributed by atoms with van der Waals surface area (Å²) in [5.41, 5.74) is 5.16. The van der Waals surface area contributed by atoms with E-state index < -0.39 is 11.9 Å². The van der Waals surface area contributed by atoms with E-state index in [1.54, 1.807) is 30.3 Å². The third-order valence-electron chi connectivity index (χ3n) is 4.91. The Balaban J connectivity index is 1.69. The number of aromatic carboxylic acids is 1. The zero-order chi connectivity index (χ0) is 22.1. The fraction of sp³-hybridized carbons (Fsp3) is 0.0870. The molecule has 0 saturated heterocycles. The Morgan fingerprint density at radius 3 is 2.42 bits per heavy atom. The molecular formula is C23H19N3O4S. The van der Waals surface area contributed by atoms with Crippen LogP contribution in [0.4, 0.5) is 0 Å². The van der Waals surface area contributed by atoms with Gasteiger partial charge in [-0.1, -0.05) is 12.1 Å². The molecule has 4 rings (SSSR count). The van der Waals surface area contributed by atoms with E-state index in [1.807, 2.05) is 48.7 Å².